The molecular formula is C15H28N2O2S. The number of amides is 1. The van der Waals surface area contributed by atoms with E-state index in [2.05, 4.69) is 17.6 Å². The van der Waals surface area contributed by atoms with E-state index in [1.165, 1.54) is 24.3 Å². The van der Waals surface area contributed by atoms with E-state index in [1.807, 2.05) is 11.8 Å². The molecule has 0 aromatic carbocycles. The van der Waals surface area contributed by atoms with Gasteiger partial charge in [0.25, 0.3) is 0 Å². The van der Waals surface area contributed by atoms with Gasteiger partial charge in [0.1, 0.15) is 0 Å². The minimum absolute atomic E-state index is 0.131. The van der Waals surface area contributed by atoms with E-state index in [0.717, 1.165) is 39.0 Å². The third kappa shape index (κ3) is 4.93. The van der Waals surface area contributed by atoms with Crippen molar-refractivity contribution < 1.29 is 9.53 Å². The van der Waals surface area contributed by atoms with E-state index >= 15 is 0 Å². The number of rotatable bonds is 6. The highest BCUT2D eigenvalue weighted by atomic mass is 32.2. The topological polar surface area (TPSA) is 50.4 Å². The van der Waals surface area contributed by atoms with Crippen molar-refractivity contribution in [3.8, 4) is 0 Å². The summed E-state index contributed by atoms with van der Waals surface area (Å²) in [5.74, 6) is 2.62. The summed E-state index contributed by atoms with van der Waals surface area (Å²) in [6, 6.07) is 0.519. The highest BCUT2D eigenvalue weighted by molar-refractivity contribution is 7.99. The van der Waals surface area contributed by atoms with Crippen LogP contribution < -0.4 is 10.6 Å². The summed E-state index contributed by atoms with van der Waals surface area (Å²) >= 11 is 2.04. The average Bonchev–Trinajstić information content (AvgIpc) is 2.46. The van der Waals surface area contributed by atoms with Gasteiger partial charge in [-0.15, -0.1) is 0 Å². The van der Waals surface area contributed by atoms with E-state index in [9.17, 15) is 4.79 Å². The number of hydrogen-bond acceptors (Lipinski definition) is 4. The van der Waals surface area contributed by atoms with Crippen molar-refractivity contribution in [3.63, 3.8) is 0 Å². The molecule has 0 bridgehead atoms. The number of ether oxygens (including phenoxy) is 1. The fraction of sp³-hybridized carbons (Fsp3) is 0.933. The molecule has 2 heterocycles. The van der Waals surface area contributed by atoms with Crippen molar-refractivity contribution in [1.82, 2.24) is 10.6 Å². The Morgan fingerprint density at radius 2 is 2.15 bits per heavy atom. The van der Waals surface area contributed by atoms with Gasteiger partial charge in [0, 0.05) is 32.2 Å². The van der Waals surface area contributed by atoms with Crippen LogP contribution in [-0.2, 0) is 9.53 Å². The summed E-state index contributed by atoms with van der Waals surface area (Å²) in [7, 11) is 0. The molecule has 1 unspecified atom stereocenters. The summed E-state index contributed by atoms with van der Waals surface area (Å²) < 4.78 is 6.08. The van der Waals surface area contributed by atoms with Gasteiger partial charge in [-0.2, -0.15) is 11.8 Å². The molecule has 1 atom stereocenters. The number of thioether (sulfide) groups is 1. The van der Waals surface area contributed by atoms with Crippen LogP contribution >= 0.6 is 11.8 Å². The molecule has 2 saturated heterocycles. The largest absolute Gasteiger partial charge is 0.375 e. The van der Waals surface area contributed by atoms with E-state index in [-0.39, 0.29) is 11.5 Å². The Balaban J connectivity index is 1.66. The Bertz CT molecular complexity index is 301. The second-order valence-corrected chi connectivity index (χ2v) is 7.11. The first-order valence-electron chi connectivity index (χ1n) is 7.96. The summed E-state index contributed by atoms with van der Waals surface area (Å²) in [5, 5.41) is 6.47. The zero-order valence-corrected chi connectivity index (χ0v) is 13.4. The lowest BCUT2D eigenvalue weighted by Gasteiger charge is -2.43. The Hall–Kier alpha value is -0.260. The van der Waals surface area contributed by atoms with Crippen molar-refractivity contribution >= 4 is 17.7 Å². The predicted octanol–water partition coefficient (Wildman–Crippen LogP) is 1.94. The molecule has 2 aliphatic heterocycles. The summed E-state index contributed by atoms with van der Waals surface area (Å²) in [6.45, 7) is 4.51. The normalized spacial score (nSPS) is 25.6. The van der Waals surface area contributed by atoms with Crippen molar-refractivity contribution in [2.75, 3.05) is 31.2 Å². The summed E-state index contributed by atoms with van der Waals surface area (Å²) in [5.41, 5.74) is 0.131. The van der Waals surface area contributed by atoms with Crippen molar-refractivity contribution in [2.24, 2.45) is 0 Å². The zero-order chi connectivity index (χ0) is 14.3. The van der Waals surface area contributed by atoms with Gasteiger partial charge in [0.15, 0.2) is 0 Å². The van der Waals surface area contributed by atoms with Gasteiger partial charge in [0.2, 0.25) is 5.91 Å². The molecule has 2 N–H and O–H groups in total. The third-order valence-corrected chi connectivity index (χ3v) is 5.24. The number of nitrogens with one attached hydrogen (secondary N) is 2. The van der Waals surface area contributed by atoms with Crippen molar-refractivity contribution in [3.05, 3.63) is 0 Å². The van der Waals surface area contributed by atoms with E-state index in [0.29, 0.717) is 12.5 Å². The van der Waals surface area contributed by atoms with Gasteiger partial charge in [-0.3, -0.25) is 4.79 Å². The maximum atomic E-state index is 11.6. The fourth-order valence-electron chi connectivity index (χ4n) is 3.04. The van der Waals surface area contributed by atoms with Gasteiger partial charge < -0.3 is 15.4 Å². The van der Waals surface area contributed by atoms with Crippen LogP contribution in [0, 0.1) is 0 Å². The van der Waals surface area contributed by atoms with E-state index in [1.54, 1.807) is 0 Å². The highest BCUT2D eigenvalue weighted by Gasteiger charge is 2.38. The lowest BCUT2D eigenvalue weighted by Crippen LogP contribution is -2.49. The number of hydrogen-bond donors (Lipinski definition) is 2. The maximum Gasteiger partial charge on any atom is 0.221 e. The van der Waals surface area contributed by atoms with E-state index in [4.69, 9.17) is 4.74 Å². The molecule has 2 aliphatic rings. The molecule has 0 saturated carbocycles. The lowest BCUT2D eigenvalue weighted by molar-refractivity contribution is -0.121. The third-order valence-electron chi connectivity index (χ3n) is 4.25. The van der Waals surface area contributed by atoms with Crippen molar-refractivity contribution in [2.45, 2.75) is 57.1 Å². The summed E-state index contributed by atoms with van der Waals surface area (Å²) in [4.78, 5) is 11.6. The molecule has 20 heavy (non-hydrogen) atoms. The monoisotopic (exact) mass is 300 g/mol. The Morgan fingerprint density at radius 1 is 1.35 bits per heavy atom. The molecule has 1 amide bonds. The molecule has 0 aliphatic carbocycles. The quantitative estimate of drug-likeness (QED) is 0.787. The molecule has 4 nitrogen and oxygen atoms in total. The Morgan fingerprint density at radius 3 is 2.90 bits per heavy atom. The smallest absolute Gasteiger partial charge is 0.221 e. The standard InChI is InChI=1S/C15H28N2O2S/c1-2-7-17-14(18)3-8-16-13-4-9-19-15(12-13)5-10-20-11-6-15/h13,16H,2-12H2,1H3,(H,17,18). The van der Waals surface area contributed by atoms with Gasteiger partial charge in [-0.25, -0.2) is 0 Å². The summed E-state index contributed by atoms with van der Waals surface area (Å²) in [6.07, 6.45) is 6.15. The molecular weight excluding hydrogens is 272 g/mol. The second-order valence-electron chi connectivity index (χ2n) is 5.89. The molecule has 116 valence electrons. The first-order chi connectivity index (χ1) is 9.74. The Labute approximate surface area is 126 Å². The maximum absolute atomic E-state index is 11.6. The molecule has 0 radical (unpaired) electrons. The molecule has 5 heteroatoms. The van der Waals surface area contributed by atoms with E-state index < -0.39 is 0 Å². The number of carbonyl (C=O) groups excluding carboxylic acids is 1. The first kappa shape index (κ1) is 16.1. The van der Waals surface area contributed by atoms with Gasteiger partial charge in [-0.1, -0.05) is 6.92 Å². The molecule has 0 aromatic heterocycles. The second kappa shape index (κ2) is 8.25. The van der Waals surface area contributed by atoms with Crippen LogP contribution in [0.15, 0.2) is 0 Å². The first-order valence-corrected chi connectivity index (χ1v) is 9.11. The number of carbonyl (C=O) groups is 1. The average molecular weight is 300 g/mol. The fourth-order valence-corrected chi connectivity index (χ4v) is 4.27. The van der Waals surface area contributed by atoms with Crippen LogP contribution in [0.3, 0.4) is 0 Å². The minimum atomic E-state index is 0.131. The van der Waals surface area contributed by atoms with Crippen LogP contribution in [0.1, 0.15) is 45.4 Å². The van der Waals surface area contributed by atoms with Crippen LogP contribution in [0.2, 0.25) is 0 Å². The van der Waals surface area contributed by atoms with Crippen molar-refractivity contribution in [1.29, 1.82) is 0 Å². The highest BCUT2D eigenvalue weighted by Crippen LogP contribution is 2.37. The molecule has 0 aromatic rings. The van der Waals surface area contributed by atoms with Gasteiger partial charge >= 0.3 is 0 Å². The van der Waals surface area contributed by atoms with Gasteiger partial charge in [0.05, 0.1) is 5.60 Å². The SMILES string of the molecule is CCCNC(=O)CCNC1CCOC2(CCSCC2)C1. The Kier molecular flexibility index (Phi) is 6.65. The molecule has 2 rings (SSSR count). The molecule has 1 spiro atoms. The van der Waals surface area contributed by atoms with Gasteiger partial charge in [-0.05, 0) is 43.6 Å². The van der Waals surface area contributed by atoms with Crippen LogP contribution in [0.5, 0.6) is 0 Å². The lowest BCUT2D eigenvalue weighted by atomic mass is 9.85. The van der Waals surface area contributed by atoms with Crippen LogP contribution in [-0.4, -0.2) is 48.8 Å². The predicted molar refractivity (Wildman–Crippen MR) is 84.2 cm³/mol. The van der Waals surface area contributed by atoms with Crippen LogP contribution in [0.4, 0.5) is 0 Å². The zero-order valence-electron chi connectivity index (χ0n) is 12.6. The van der Waals surface area contributed by atoms with Crippen LogP contribution in [0.25, 0.3) is 0 Å². The minimum Gasteiger partial charge on any atom is -0.375 e. The molecule has 2 fully saturated rings.